The molecule has 2 atom stereocenters. The van der Waals surface area contributed by atoms with Crippen LogP contribution in [0.1, 0.15) is 22.6 Å². The van der Waals surface area contributed by atoms with E-state index in [4.69, 9.17) is 6.57 Å². The standard InChI is InChI=1S/C16H13BrN6/c1-19-8-12-15(20-2)13(11-7-21-23-16(11)22-12)10-5-3-4-9(6-18)14(10)17/h3-5,7,13,15,19H,8H2,1H3,(H,21,23). The average Bonchev–Trinajstić information content (AvgIpc) is 3.02. The molecular formula is C16H13BrN6. The maximum atomic E-state index is 9.26. The summed E-state index contributed by atoms with van der Waals surface area (Å²) in [6.07, 6.45) is 1.71. The maximum absolute atomic E-state index is 9.26. The van der Waals surface area contributed by atoms with Crippen molar-refractivity contribution < 1.29 is 0 Å². The first-order valence-electron chi connectivity index (χ1n) is 7.01. The van der Waals surface area contributed by atoms with Crippen LogP contribution in [0.4, 0.5) is 5.82 Å². The maximum Gasteiger partial charge on any atom is 0.273 e. The van der Waals surface area contributed by atoms with Crippen LogP contribution in [-0.2, 0) is 0 Å². The largest absolute Gasteiger partial charge is 0.314 e. The number of H-pyrrole nitrogens is 1. The number of fused-ring (bicyclic) bond motifs is 1. The third kappa shape index (κ3) is 2.55. The predicted molar refractivity (Wildman–Crippen MR) is 90.7 cm³/mol. The number of halogens is 1. The normalized spacial score (nSPS) is 19.4. The number of nitrogens with zero attached hydrogens (tertiary/aromatic N) is 4. The lowest BCUT2D eigenvalue weighted by Gasteiger charge is -2.24. The van der Waals surface area contributed by atoms with Gasteiger partial charge in [-0.05, 0) is 34.6 Å². The molecule has 0 radical (unpaired) electrons. The smallest absolute Gasteiger partial charge is 0.273 e. The van der Waals surface area contributed by atoms with Crippen molar-refractivity contribution in [1.29, 1.82) is 5.26 Å². The lowest BCUT2D eigenvalue weighted by atomic mass is 9.82. The molecule has 2 unspecified atom stereocenters. The average molecular weight is 369 g/mol. The molecule has 0 amide bonds. The number of nitriles is 1. The molecule has 114 valence electrons. The van der Waals surface area contributed by atoms with E-state index in [-0.39, 0.29) is 5.92 Å². The summed E-state index contributed by atoms with van der Waals surface area (Å²) in [5.41, 5.74) is 3.09. The molecule has 2 aromatic rings. The molecule has 7 heteroatoms. The lowest BCUT2D eigenvalue weighted by Crippen LogP contribution is -2.35. The zero-order valence-corrected chi connectivity index (χ0v) is 13.9. The van der Waals surface area contributed by atoms with E-state index in [0.29, 0.717) is 17.9 Å². The quantitative estimate of drug-likeness (QED) is 0.817. The van der Waals surface area contributed by atoms with Crippen LogP contribution in [0.2, 0.25) is 0 Å². The van der Waals surface area contributed by atoms with Crippen molar-refractivity contribution >= 4 is 27.5 Å². The number of benzene rings is 1. The number of hydrogen-bond donors (Lipinski definition) is 2. The molecule has 2 N–H and O–H groups in total. The first kappa shape index (κ1) is 15.4. The van der Waals surface area contributed by atoms with Crippen molar-refractivity contribution in [3.63, 3.8) is 0 Å². The minimum atomic E-state index is -0.433. The van der Waals surface area contributed by atoms with Gasteiger partial charge >= 0.3 is 0 Å². The van der Waals surface area contributed by atoms with Gasteiger partial charge in [-0.25, -0.2) is 11.6 Å². The van der Waals surface area contributed by atoms with Crippen molar-refractivity contribution in [3.8, 4) is 6.07 Å². The first-order chi connectivity index (χ1) is 11.2. The molecule has 1 aromatic carbocycles. The number of rotatable bonds is 3. The third-order valence-electron chi connectivity index (χ3n) is 3.88. The Bertz CT molecular complexity index is 854. The fraction of sp³-hybridized carbons (Fsp3) is 0.250. The van der Waals surface area contributed by atoms with Gasteiger partial charge in [-0.2, -0.15) is 10.4 Å². The molecule has 0 fully saturated rings. The van der Waals surface area contributed by atoms with Crippen LogP contribution >= 0.6 is 15.9 Å². The van der Waals surface area contributed by atoms with Crippen molar-refractivity contribution in [2.24, 2.45) is 4.99 Å². The molecule has 0 bridgehead atoms. The molecule has 23 heavy (non-hydrogen) atoms. The summed E-state index contributed by atoms with van der Waals surface area (Å²) in [4.78, 5) is 8.35. The predicted octanol–water partition coefficient (Wildman–Crippen LogP) is 2.77. The van der Waals surface area contributed by atoms with E-state index in [2.05, 4.69) is 47.4 Å². The van der Waals surface area contributed by atoms with Crippen LogP contribution in [0.5, 0.6) is 0 Å². The second kappa shape index (κ2) is 6.33. The Morgan fingerprint density at radius 3 is 3.00 bits per heavy atom. The summed E-state index contributed by atoms with van der Waals surface area (Å²) in [6.45, 7) is 8.18. The van der Waals surface area contributed by atoms with E-state index >= 15 is 0 Å². The van der Waals surface area contributed by atoms with Crippen LogP contribution in [0.15, 0.2) is 33.9 Å². The van der Waals surface area contributed by atoms with Gasteiger partial charge in [-0.3, -0.25) is 5.10 Å². The fourth-order valence-electron chi connectivity index (χ4n) is 2.87. The first-order valence-corrected chi connectivity index (χ1v) is 7.81. The Morgan fingerprint density at radius 1 is 1.48 bits per heavy atom. The van der Waals surface area contributed by atoms with Crippen molar-refractivity contribution in [3.05, 3.63) is 57.0 Å². The van der Waals surface area contributed by atoms with Crippen LogP contribution in [0, 0.1) is 17.9 Å². The summed E-state index contributed by atoms with van der Waals surface area (Å²) in [5.74, 6) is 0.458. The van der Waals surface area contributed by atoms with Gasteiger partial charge in [0, 0.05) is 16.6 Å². The van der Waals surface area contributed by atoms with Gasteiger partial charge in [-0.1, -0.05) is 12.1 Å². The van der Waals surface area contributed by atoms with E-state index < -0.39 is 6.04 Å². The van der Waals surface area contributed by atoms with Crippen LogP contribution in [0.3, 0.4) is 0 Å². The van der Waals surface area contributed by atoms with E-state index in [1.54, 1.807) is 12.3 Å². The van der Waals surface area contributed by atoms with E-state index in [1.165, 1.54) is 0 Å². The van der Waals surface area contributed by atoms with E-state index in [9.17, 15) is 5.26 Å². The Kier molecular flexibility index (Phi) is 4.24. The zero-order chi connectivity index (χ0) is 16.4. The monoisotopic (exact) mass is 368 g/mol. The molecule has 1 aliphatic heterocycles. The second-order valence-corrected chi connectivity index (χ2v) is 5.97. The number of aliphatic imine (C=N–C) groups is 1. The van der Waals surface area contributed by atoms with Gasteiger partial charge in [0.15, 0.2) is 5.82 Å². The third-order valence-corrected chi connectivity index (χ3v) is 4.76. The van der Waals surface area contributed by atoms with Gasteiger partial charge < -0.3 is 10.2 Å². The summed E-state index contributed by atoms with van der Waals surface area (Å²) in [5, 5.41) is 19.3. The summed E-state index contributed by atoms with van der Waals surface area (Å²) in [6, 6.07) is 7.26. The van der Waals surface area contributed by atoms with Crippen LogP contribution in [0.25, 0.3) is 4.85 Å². The van der Waals surface area contributed by atoms with Crippen molar-refractivity contribution in [2.45, 2.75) is 12.0 Å². The highest BCUT2D eigenvalue weighted by molar-refractivity contribution is 9.10. The van der Waals surface area contributed by atoms with Crippen molar-refractivity contribution in [1.82, 2.24) is 15.5 Å². The lowest BCUT2D eigenvalue weighted by molar-refractivity contribution is 0.766. The molecule has 2 heterocycles. The highest BCUT2D eigenvalue weighted by atomic mass is 79.9. The zero-order valence-electron chi connectivity index (χ0n) is 12.3. The number of aromatic nitrogens is 2. The highest BCUT2D eigenvalue weighted by Crippen LogP contribution is 2.42. The topological polar surface area (TPSA) is 81.2 Å². The highest BCUT2D eigenvalue weighted by Gasteiger charge is 2.41. The number of nitrogens with one attached hydrogen (secondary N) is 2. The summed E-state index contributed by atoms with van der Waals surface area (Å²) < 4.78 is 0.721. The van der Waals surface area contributed by atoms with Crippen molar-refractivity contribution in [2.75, 3.05) is 13.6 Å². The number of hydrogen-bond acceptors (Lipinski definition) is 4. The summed E-state index contributed by atoms with van der Waals surface area (Å²) in [7, 11) is 1.83. The number of aromatic amines is 1. The Hall–Kier alpha value is -2.48. The molecule has 0 aliphatic carbocycles. The second-order valence-electron chi connectivity index (χ2n) is 5.18. The van der Waals surface area contributed by atoms with Crippen LogP contribution in [-0.4, -0.2) is 35.5 Å². The van der Waals surface area contributed by atoms with Gasteiger partial charge in [0.1, 0.15) is 11.8 Å². The van der Waals surface area contributed by atoms with Crippen LogP contribution < -0.4 is 5.32 Å². The van der Waals surface area contributed by atoms with Gasteiger partial charge in [0.25, 0.3) is 6.04 Å². The molecule has 0 saturated carbocycles. The Morgan fingerprint density at radius 2 is 2.30 bits per heavy atom. The van der Waals surface area contributed by atoms with E-state index in [0.717, 1.165) is 21.3 Å². The Balaban J connectivity index is 2.20. The van der Waals surface area contributed by atoms with E-state index in [1.807, 2.05) is 19.2 Å². The molecule has 0 spiro atoms. The molecule has 1 aliphatic rings. The molecule has 3 rings (SSSR count). The minimum Gasteiger partial charge on any atom is -0.314 e. The Labute approximate surface area is 142 Å². The van der Waals surface area contributed by atoms with Gasteiger partial charge in [-0.15, -0.1) is 0 Å². The molecular weight excluding hydrogens is 356 g/mol. The SMILES string of the molecule is [C-]#[N+]C1C(CNC)=Nc2[nH]ncc2C1c1cccc(C#N)c1Br. The minimum absolute atomic E-state index is 0.218. The molecule has 1 aromatic heterocycles. The molecule has 0 saturated heterocycles. The fourth-order valence-corrected chi connectivity index (χ4v) is 3.47. The van der Waals surface area contributed by atoms with Gasteiger partial charge in [0.05, 0.1) is 17.7 Å². The van der Waals surface area contributed by atoms with Gasteiger partial charge in [0.2, 0.25) is 0 Å². The summed E-state index contributed by atoms with van der Waals surface area (Å²) >= 11 is 3.52. The molecule has 6 nitrogen and oxygen atoms in total.